The highest BCUT2D eigenvalue weighted by Gasteiger charge is 2.22. The number of benzene rings is 3. The average Bonchev–Trinajstić information content (AvgIpc) is 3.29. The van der Waals surface area contributed by atoms with E-state index >= 15 is 0 Å². The van der Waals surface area contributed by atoms with Crippen LogP contribution in [0.25, 0.3) is 11.5 Å². The minimum Gasteiger partial charge on any atom is -0.494 e. The molecule has 0 spiro atoms. The maximum Gasteiger partial charge on any atom is 0.243 e. The van der Waals surface area contributed by atoms with Crippen LogP contribution in [0.4, 0.5) is 11.6 Å². The van der Waals surface area contributed by atoms with Crippen molar-refractivity contribution in [3.63, 3.8) is 0 Å². The number of rotatable bonds is 9. The van der Waals surface area contributed by atoms with E-state index in [4.69, 9.17) is 9.15 Å². The van der Waals surface area contributed by atoms with Crippen molar-refractivity contribution in [2.24, 2.45) is 0 Å². The first kappa shape index (κ1) is 24.0. The van der Waals surface area contributed by atoms with Gasteiger partial charge in [0.25, 0.3) is 0 Å². The summed E-state index contributed by atoms with van der Waals surface area (Å²) in [5.41, 5.74) is 2.24. The SMILES string of the molecule is CCOc1ccc(Nc2oc(-c3ccc(S(=O)(=O)N(C)Cc4ccccc4)cc3)nc2C#N)cc1. The van der Waals surface area contributed by atoms with Gasteiger partial charge in [0.15, 0.2) is 0 Å². The molecule has 4 rings (SSSR count). The largest absolute Gasteiger partial charge is 0.494 e. The molecule has 0 bridgehead atoms. The van der Waals surface area contributed by atoms with Gasteiger partial charge in [-0.15, -0.1) is 0 Å². The third kappa shape index (κ3) is 5.51. The lowest BCUT2D eigenvalue weighted by atomic mass is 10.2. The number of nitrogens with one attached hydrogen (secondary N) is 1. The van der Waals surface area contributed by atoms with Crippen LogP contribution in [-0.2, 0) is 16.6 Å². The van der Waals surface area contributed by atoms with Gasteiger partial charge >= 0.3 is 0 Å². The first-order valence-corrected chi connectivity index (χ1v) is 12.4. The van der Waals surface area contributed by atoms with E-state index in [1.165, 1.54) is 16.4 Å². The summed E-state index contributed by atoms with van der Waals surface area (Å²) in [4.78, 5) is 4.40. The molecule has 1 heterocycles. The van der Waals surface area contributed by atoms with Crippen molar-refractivity contribution in [2.45, 2.75) is 18.4 Å². The van der Waals surface area contributed by atoms with Gasteiger partial charge in [-0.2, -0.15) is 14.6 Å². The Kier molecular flexibility index (Phi) is 7.15. The molecule has 178 valence electrons. The number of nitriles is 1. The van der Waals surface area contributed by atoms with E-state index in [0.29, 0.717) is 17.9 Å². The lowest BCUT2D eigenvalue weighted by Crippen LogP contribution is -2.26. The zero-order chi connectivity index (χ0) is 24.8. The molecule has 0 amide bonds. The fraction of sp³-hybridized carbons (Fsp3) is 0.154. The molecule has 3 aromatic carbocycles. The summed E-state index contributed by atoms with van der Waals surface area (Å²) in [5.74, 6) is 1.14. The van der Waals surface area contributed by atoms with Gasteiger partial charge in [0.2, 0.25) is 27.5 Å². The van der Waals surface area contributed by atoms with Crippen molar-refractivity contribution < 1.29 is 17.6 Å². The maximum atomic E-state index is 13.0. The lowest BCUT2D eigenvalue weighted by Gasteiger charge is -2.17. The number of hydrogen-bond acceptors (Lipinski definition) is 7. The number of sulfonamides is 1. The Morgan fingerprint density at radius 3 is 2.34 bits per heavy atom. The van der Waals surface area contributed by atoms with Gasteiger partial charge in [-0.3, -0.25) is 0 Å². The van der Waals surface area contributed by atoms with E-state index < -0.39 is 10.0 Å². The molecule has 35 heavy (non-hydrogen) atoms. The molecule has 0 radical (unpaired) electrons. The quantitative estimate of drug-likeness (QED) is 0.346. The second-order valence-corrected chi connectivity index (χ2v) is 9.71. The Balaban J connectivity index is 1.52. The number of aromatic nitrogens is 1. The van der Waals surface area contributed by atoms with Gasteiger partial charge in [0, 0.05) is 24.8 Å². The van der Waals surface area contributed by atoms with Gasteiger partial charge in [-0.05, 0) is 61.0 Å². The monoisotopic (exact) mass is 488 g/mol. The summed E-state index contributed by atoms with van der Waals surface area (Å²) >= 11 is 0. The first-order valence-electron chi connectivity index (χ1n) is 10.9. The zero-order valence-electron chi connectivity index (χ0n) is 19.3. The van der Waals surface area contributed by atoms with Gasteiger partial charge in [0.05, 0.1) is 11.5 Å². The number of nitrogens with zero attached hydrogens (tertiary/aromatic N) is 3. The fourth-order valence-electron chi connectivity index (χ4n) is 3.41. The minimum absolute atomic E-state index is 0.0909. The van der Waals surface area contributed by atoms with E-state index in [2.05, 4.69) is 10.3 Å². The third-order valence-corrected chi connectivity index (χ3v) is 7.03. The highest BCUT2D eigenvalue weighted by Crippen LogP contribution is 2.29. The lowest BCUT2D eigenvalue weighted by molar-refractivity contribution is 0.340. The van der Waals surface area contributed by atoms with E-state index in [-0.39, 0.29) is 28.9 Å². The molecule has 0 saturated heterocycles. The molecular weight excluding hydrogens is 464 g/mol. The third-order valence-electron chi connectivity index (χ3n) is 5.21. The summed E-state index contributed by atoms with van der Waals surface area (Å²) in [6.45, 7) is 2.74. The van der Waals surface area contributed by atoms with Crippen LogP contribution in [0.3, 0.4) is 0 Å². The Morgan fingerprint density at radius 1 is 1.03 bits per heavy atom. The highest BCUT2D eigenvalue weighted by molar-refractivity contribution is 7.89. The van der Waals surface area contributed by atoms with Gasteiger partial charge in [-0.1, -0.05) is 30.3 Å². The van der Waals surface area contributed by atoms with E-state index in [1.54, 1.807) is 31.3 Å². The Hall–Kier alpha value is -4.13. The Bertz CT molecular complexity index is 1430. The van der Waals surface area contributed by atoms with Crippen molar-refractivity contribution in [1.82, 2.24) is 9.29 Å². The smallest absolute Gasteiger partial charge is 0.243 e. The van der Waals surface area contributed by atoms with Crippen molar-refractivity contribution in [3.05, 3.63) is 90.1 Å². The zero-order valence-corrected chi connectivity index (χ0v) is 20.1. The fourth-order valence-corrected chi connectivity index (χ4v) is 4.57. The van der Waals surface area contributed by atoms with E-state index in [0.717, 1.165) is 11.3 Å². The predicted molar refractivity (Wildman–Crippen MR) is 133 cm³/mol. The summed E-state index contributed by atoms with van der Waals surface area (Å²) in [5, 5.41) is 12.5. The molecule has 0 unspecified atom stereocenters. The standard InChI is InChI=1S/C26H24N4O4S/c1-3-33-22-13-11-21(12-14-22)28-26-24(17-27)29-25(34-26)20-9-15-23(16-10-20)35(31,32)30(2)18-19-7-5-4-6-8-19/h4-16,28H,3,18H2,1-2H3. The Labute approximate surface area is 204 Å². The topological polar surface area (TPSA) is 108 Å². The second-order valence-electron chi connectivity index (χ2n) is 7.66. The second kappa shape index (κ2) is 10.4. The molecule has 1 aromatic heterocycles. The van der Waals surface area contributed by atoms with Crippen LogP contribution in [0.2, 0.25) is 0 Å². The predicted octanol–water partition coefficient (Wildman–Crippen LogP) is 5.18. The highest BCUT2D eigenvalue weighted by atomic mass is 32.2. The van der Waals surface area contributed by atoms with Gasteiger partial charge in [-0.25, -0.2) is 8.42 Å². The first-order chi connectivity index (χ1) is 16.9. The molecule has 0 atom stereocenters. The summed E-state index contributed by atoms with van der Waals surface area (Å²) in [6.07, 6.45) is 0. The molecule has 1 N–H and O–H groups in total. The number of anilines is 2. The summed E-state index contributed by atoms with van der Waals surface area (Å²) in [6, 6.07) is 24.8. The van der Waals surface area contributed by atoms with Crippen LogP contribution in [0, 0.1) is 11.3 Å². The summed E-state index contributed by atoms with van der Waals surface area (Å²) in [7, 11) is -2.14. The molecule has 4 aromatic rings. The number of ether oxygens (including phenoxy) is 1. The molecule has 0 aliphatic carbocycles. The Morgan fingerprint density at radius 2 is 1.71 bits per heavy atom. The van der Waals surface area contributed by atoms with Crippen LogP contribution in [0.5, 0.6) is 5.75 Å². The molecular formula is C26H24N4O4S. The van der Waals surface area contributed by atoms with Gasteiger partial charge < -0.3 is 14.5 Å². The normalized spacial score (nSPS) is 11.3. The van der Waals surface area contributed by atoms with Crippen LogP contribution in [0.1, 0.15) is 18.2 Å². The summed E-state index contributed by atoms with van der Waals surface area (Å²) < 4.78 is 38.5. The van der Waals surface area contributed by atoms with Crippen molar-refractivity contribution in [1.29, 1.82) is 5.26 Å². The van der Waals surface area contributed by atoms with Crippen molar-refractivity contribution in [2.75, 3.05) is 19.0 Å². The van der Waals surface area contributed by atoms with Crippen LogP contribution in [0.15, 0.2) is 88.2 Å². The average molecular weight is 489 g/mol. The molecule has 0 saturated carbocycles. The number of oxazole rings is 1. The molecule has 8 nitrogen and oxygen atoms in total. The van der Waals surface area contributed by atoms with Gasteiger partial charge in [0.1, 0.15) is 11.8 Å². The molecule has 0 fully saturated rings. The van der Waals surface area contributed by atoms with Crippen molar-refractivity contribution >= 4 is 21.6 Å². The molecule has 9 heteroatoms. The number of hydrogen-bond donors (Lipinski definition) is 1. The minimum atomic E-state index is -3.68. The molecule has 0 aliphatic rings. The van der Waals surface area contributed by atoms with Crippen LogP contribution in [-0.4, -0.2) is 31.4 Å². The van der Waals surface area contributed by atoms with Crippen molar-refractivity contribution in [3.8, 4) is 23.3 Å². The maximum absolute atomic E-state index is 13.0. The molecule has 0 aliphatic heterocycles. The van der Waals surface area contributed by atoms with Crippen LogP contribution < -0.4 is 10.1 Å². The van der Waals surface area contributed by atoms with Crippen LogP contribution >= 0.6 is 0 Å². The van der Waals surface area contributed by atoms with E-state index in [9.17, 15) is 13.7 Å². The van der Waals surface area contributed by atoms with E-state index in [1.807, 2.05) is 55.5 Å².